The highest BCUT2D eigenvalue weighted by Crippen LogP contribution is 2.28. The molecule has 0 amide bonds. The molecule has 28 heavy (non-hydrogen) atoms. The molecule has 3 heterocycles. The van der Waals surface area contributed by atoms with Gasteiger partial charge in [0.05, 0.1) is 17.0 Å². The Morgan fingerprint density at radius 3 is 2.75 bits per heavy atom. The molecule has 0 aliphatic heterocycles. The van der Waals surface area contributed by atoms with Crippen molar-refractivity contribution in [3.8, 4) is 0 Å². The minimum Gasteiger partial charge on any atom is -0.258 e. The zero-order valence-corrected chi connectivity index (χ0v) is 18.9. The second kappa shape index (κ2) is 8.53. The normalized spacial score (nSPS) is 11.6. The molecule has 3 aromatic rings. The summed E-state index contributed by atoms with van der Waals surface area (Å²) >= 11 is 6.60. The Bertz CT molecular complexity index is 1050. The summed E-state index contributed by atoms with van der Waals surface area (Å²) in [5.74, 6) is 1.03. The van der Waals surface area contributed by atoms with Crippen molar-refractivity contribution in [2.75, 3.05) is 0 Å². The smallest absolute Gasteiger partial charge is 0.258 e. The van der Waals surface area contributed by atoms with E-state index in [1.54, 1.807) is 40.8 Å². The first kappa shape index (κ1) is 20.7. The van der Waals surface area contributed by atoms with Crippen LogP contribution in [-0.2, 0) is 12.3 Å². The quantitative estimate of drug-likeness (QED) is 0.214. The van der Waals surface area contributed by atoms with E-state index >= 15 is 0 Å². The Hall–Kier alpha value is -2.05. The lowest BCUT2D eigenvalue weighted by Crippen LogP contribution is -2.02. The fraction of sp³-hybridized carbons (Fsp3) is 0.375. The molecule has 148 valence electrons. The molecular weight excluding hydrogens is 466 g/mol. The summed E-state index contributed by atoms with van der Waals surface area (Å²) in [7, 11) is 0. The number of hydrogen-bond donors (Lipinski definition) is 0. The van der Waals surface area contributed by atoms with Gasteiger partial charge in [-0.15, -0.1) is 21.5 Å². The first-order chi connectivity index (χ1) is 13.3. The Morgan fingerprint density at radius 2 is 2.14 bits per heavy atom. The maximum absolute atomic E-state index is 11.2. The number of thioether (sulfide) groups is 1. The van der Waals surface area contributed by atoms with Crippen molar-refractivity contribution < 1.29 is 4.92 Å². The van der Waals surface area contributed by atoms with E-state index in [0.717, 1.165) is 15.8 Å². The summed E-state index contributed by atoms with van der Waals surface area (Å²) in [5, 5.41) is 28.8. The number of rotatable bonds is 7. The monoisotopic (exact) mass is 483 g/mol. The summed E-state index contributed by atoms with van der Waals surface area (Å²) in [4.78, 5) is 13.0. The van der Waals surface area contributed by atoms with Gasteiger partial charge in [0.25, 0.3) is 0 Å². The van der Waals surface area contributed by atoms with Crippen LogP contribution in [0.15, 0.2) is 20.8 Å². The van der Waals surface area contributed by atoms with Crippen LogP contribution in [0, 0.1) is 30.9 Å². The number of aromatic nitrogens is 5. The molecule has 0 aliphatic rings. The second-order valence-corrected chi connectivity index (χ2v) is 8.84. The summed E-state index contributed by atoms with van der Waals surface area (Å²) < 4.78 is 4.34. The largest absolute Gasteiger partial charge is 0.312 e. The van der Waals surface area contributed by atoms with Gasteiger partial charge >= 0.3 is 5.69 Å². The van der Waals surface area contributed by atoms with Gasteiger partial charge in [-0.25, -0.2) is 0 Å². The topological polar surface area (TPSA) is 104 Å². The maximum atomic E-state index is 11.2. The zero-order valence-electron chi connectivity index (χ0n) is 15.7. The number of aryl methyl sites for hydroxylation is 3. The van der Waals surface area contributed by atoms with E-state index in [1.165, 1.54) is 16.6 Å². The van der Waals surface area contributed by atoms with Crippen LogP contribution < -0.4 is 0 Å². The van der Waals surface area contributed by atoms with Gasteiger partial charge in [0.1, 0.15) is 11.4 Å². The minimum absolute atomic E-state index is 0.0475. The summed E-state index contributed by atoms with van der Waals surface area (Å²) in [5.41, 5.74) is 0.955. The number of hydrogen-bond acceptors (Lipinski definition) is 8. The summed E-state index contributed by atoms with van der Waals surface area (Å²) in [6, 6.07) is 2.04. The van der Waals surface area contributed by atoms with Gasteiger partial charge in [-0.2, -0.15) is 14.9 Å². The highest BCUT2D eigenvalue weighted by atomic mass is 79.9. The van der Waals surface area contributed by atoms with E-state index in [-0.39, 0.29) is 5.69 Å². The van der Waals surface area contributed by atoms with E-state index < -0.39 is 4.92 Å². The molecule has 0 saturated heterocycles. The lowest BCUT2D eigenvalue weighted by atomic mass is 10.3. The van der Waals surface area contributed by atoms with Crippen molar-refractivity contribution in [3.05, 3.63) is 47.6 Å². The Morgan fingerprint density at radius 1 is 1.39 bits per heavy atom. The Kier molecular flexibility index (Phi) is 6.30. The standard InChI is InChI=1S/C16H18BrN7O2S2/c1-5-14-13(17)6-12(28-14)7-18-23-11(4)19-20-16(23)27-8-22-10(3)15(24(25)26)9(2)21-22/h6-7H,5,8H2,1-4H3/b18-7-. The van der Waals surface area contributed by atoms with Crippen molar-refractivity contribution in [2.24, 2.45) is 5.10 Å². The van der Waals surface area contributed by atoms with Crippen LogP contribution in [0.5, 0.6) is 0 Å². The number of thiophene rings is 1. The molecule has 0 saturated carbocycles. The van der Waals surface area contributed by atoms with Gasteiger partial charge in [0.2, 0.25) is 5.16 Å². The van der Waals surface area contributed by atoms with Gasteiger partial charge in [0.15, 0.2) is 5.82 Å². The number of halogens is 1. The van der Waals surface area contributed by atoms with Crippen LogP contribution in [0.25, 0.3) is 0 Å². The van der Waals surface area contributed by atoms with Gasteiger partial charge < -0.3 is 0 Å². The van der Waals surface area contributed by atoms with Gasteiger partial charge in [0, 0.05) is 14.2 Å². The van der Waals surface area contributed by atoms with Gasteiger partial charge in [-0.05, 0) is 49.2 Å². The molecule has 0 N–H and O–H groups in total. The predicted octanol–water partition coefficient (Wildman–Crippen LogP) is 4.33. The van der Waals surface area contributed by atoms with Gasteiger partial charge in [-0.1, -0.05) is 18.7 Å². The van der Waals surface area contributed by atoms with Crippen LogP contribution in [0.1, 0.15) is 33.9 Å². The predicted molar refractivity (Wildman–Crippen MR) is 113 cm³/mol. The zero-order chi connectivity index (χ0) is 20.4. The SMILES string of the molecule is CCc1sc(/C=N\n2c(C)nnc2SCn2nc(C)c([N+](=O)[O-])c2C)cc1Br. The van der Waals surface area contributed by atoms with Crippen molar-refractivity contribution >= 4 is 50.9 Å². The third-order valence-electron chi connectivity index (χ3n) is 4.01. The molecule has 0 spiro atoms. The fourth-order valence-electron chi connectivity index (χ4n) is 2.60. The van der Waals surface area contributed by atoms with Crippen LogP contribution in [0.3, 0.4) is 0 Å². The van der Waals surface area contributed by atoms with E-state index in [0.29, 0.717) is 28.2 Å². The number of nitrogens with zero attached hydrogens (tertiary/aromatic N) is 7. The molecule has 0 aromatic carbocycles. The Balaban J connectivity index is 1.79. The third kappa shape index (κ3) is 4.18. The first-order valence-corrected chi connectivity index (χ1v) is 11.0. The average Bonchev–Trinajstić information content (AvgIpc) is 3.26. The molecule has 0 bridgehead atoms. The molecule has 0 unspecified atom stereocenters. The molecule has 9 nitrogen and oxygen atoms in total. The molecule has 0 atom stereocenters. The molecule has 0 aliphatic carbocycles. The fourth-order valence-corrected chi connectivity index (χ4v) is 5.28. The number of nitro groups is 1. The average molecular weight is 484 g/mol. The van der Waals surface area contributed by atoms with Crippen molar-refractivity contribution in [1.82, 2.24) is 24.7 Å². The summed E-state index contributed by atoms with van der Waals surface area (Å²) in [6.07, 6.45) is 2.74. The molecule has 3 rings (SSSR count). The first-order valence-electron chi connectivity index (χ1n) is 8.37. The Labute approximate surface area is 178 Å². The van der Waals surface area contributed by atoms with Crippen molar-refractivity contribution in [3.63, 3.8) is 0 Å². The van der Waals surface area contributed by atoms with E-state index in [4.69, 9.17) is 0 Å². The van der Waals surface area contributed by atoms with Crippen LogP contribution in [-0.4, -0.2) is 35.8 Å². The van der Waals surface area contributed by atoms with E-state index in [1.807, 2.05) is 13.0 Å². The molecule has 0 fully saturated rings. The minimum atomic E-state index is -0.403. The lowest BCUT2D eigenvalue weighted by molar-refractivity contribution is -0.386. The van der Waals surface area contributed by atoms with Crippen LogP contribution in [0.2, 0.25) is 0 Å². The molecular formula is C16H18BrN7O2S2. The van der Waals surface area contributed by atoms with Crippen LogP contribution in [0.4, 0.5) is 5.69 Å². The highest BCUT2D eigenvalue weighted by Gasteiger charge is 2.22. The third-order valence-corrected chi connectivity index (χ3v) is 7.08. The van der Waals surface area contributed by atoms with E-state index in [2.05, 4.69) is 43.3 Å². The highest BCUT2D eigenvalue weighted by molar-refractivity contribution is 9.10. The summed E-state index contributed by atoms with van der Waals surface area (Å²) in [6.45, 7) is 7.25. The van der Waals surface area contributed by atoms with Gasteiger partial charge in [-0.3, -0.25) is 14.8 Å². The molecule has 0 radical (unpaired) electrons. The molecule has 3 aromatic heterocycles. The van der Waals surface area contributed by atoms with Crippen LogP contribution >= 0.6 is 39.0 Å². The lowest BCUT2D eigenvalue weighted by Gasteiger charge is -2.03. The molecule has 12 heteroatoms. The maximum Gasteiger partial charge on any atom is 0.312 e. The second-order valence-electron chi connectivity index (χ2n) is 5.91. The van der Waals surface area contributed by atoms with Crippen molar-refractivity contribution in [1.29, 1.82) is 0 Å². The van der Waals surface area contributed by atoms with Crippen molar-refractivity contribution in [2.45, 2.75) is 45.1 Å². The van der Waals surface area contributed by atoms with E-state index in [9.17, 15) is 10.1 Å².